The Labute approximate surface area is 188 Å². The second kappa shape index (κ2) is 8.55. The molecule has 1 fully saturated rings. The highest BCUT2D eigenvalue weighted by molar-refractivity contribution is 7.19. The Hall–Kier alpha value is -3.52. The van der Waals surface area contributed by atoms with Gasteiger partial charge in [-0.25, -0.2) is 9.78 Å². The number of hydrogen-bond acceptors (Lipinski definition) is 7. The summed E-state index contributed by atoms with van der Waals surface area (Å²) in [6, 6.07) is 19.7. The third-order valence-corrected chi connectivity index (χ3v) is 6.93. The molecular formula is C24H21N3O4S. The lowest BCUT2D eigenvalue weighted by Gasteiger charge is -2.35. The monoisotopic (exact) mass is 447 g/mol. The largest absolute Gasteiger partial charge is 0.453 e. The minimum absolute atomic E-state index is 0.217. The van der Waals surface area contributed by atoms with E-state index in [0.717, 1.165) is 47.4 Å². The van der Waals surface area contributed by atoms with Gasteiger partial charge in [0.05, 0.1) is 15.5 Å². The first-order valence-electron chi connectivity index (χ1n) is 10.6. The van der Waals surface area contributed by atoms with Crippen molar-refractivity contribution < 1.29 is 14.5 Å². The van der Waals surface area contributed by atoms with E-state index in [1.165, 1.54) is 11.3 Å². The van der Waals surface area contributed by atoms with Crippen LogP contribution in [0, 0.1) is 16.0 Å². The maximum absolute atomic E-state index is 12.4. The molecule has 7 nitrogen and oxygen atoms in total. The first-order valence-corrected chi connectivity index (χ1v) is 11.4. The highest BCUT2D eigenvalue weighted by atomic mass is 32.1. The smallest absolute Gasteiger partial charge is 0.412 e. The molecule has 0 saturated heterocycles. The van der Waals surface area contributed by atoms with Gasteiger partial charge < -0.3 is 10.1 Å². The number of fused-ring (bicyclic) bond motifs is 1. The molecule has 0 bridgehead atoms. The SMILES string of the molecule is O=C1O[C@H]2CCCC[C@H]2C(Nc2nc(-c3ccccc3)c(-c3ccccc3)s2)=C1[N+](=O)[O-]. The van der Waals surface area contributed by atoms with Gasteiger partial charge in [0.25, 0.3) is 0 Å². The molecule has 2 atom stereocenters. The van der Waals surface area contributed by atoms with Crippen LogP contribution in [0.5, 0.6) is 0 Å². The number of benzene rings is 2. The first-order chi connectivity index (χ1) is 15.6. The molecule has 8 heteroatoms. The normalized spacial score (nSPS) is 20.4. The van der Waals surface area contributed by atoms with Crippen molar-refractivity contribution in [1.82, 2.24) is 4.98 Å². The fraction of sp³-hybridized carbons (Fsp3) is 0.250. The quantitative estimate of drug-likeness (QED) is 0.316. The van der Waals surface area contributed by atoms with Crippen LogP contribution in [-0.2, 0) is 9.53 Å². The Bertz CT molecular complexity index is 1130. The molecule has 0 spiro atoms. The van der Waals surface area contributed by atoms with Crippen LogP contribution >= 0.6 is 11.3 Å². The van der Waals surface area contributed by atoms with Gasteiger partial charge in [0, 0.05) is 11.5 Å². The highest BCUT2D eigenvalue weighted by Crippen LogP contribution is 2.42. The summed E-state index contributed by atoms with van der Waals surface area (Å²) in [7, 11) is 0. The van der Waals surface area contributed by atoms with Crippen molar-refractivity contribution in [2.24, 2.45) is 5.92 Å². The number of nitro groups is 1. The van der Waals surface area contributed by atoms with Crippen LogP contribution in [0.3, 0.4) is 0 Å². The molecule has 3 aromatic rings. The number of carbonyl (C=O) groups excluding carboxylic acids is 1. The lowest BCUT2D eigenvalue weighted by molar-refractivity contribution is -0.424. The average molecular weight is 448 g/mol. The van der Waals surface area contributed by atoms with Gasteiger partial charge in [-0.15, -0.1) is 0 Å². The predicted molar refractivity (Wildman–Crippen MR) is 122 cm³/mol. The summed E-state index contributed by atoms with van der Waals surface area (Å²) in [4.78, 5) is 29.3. The molecule has 2 aromatic carbocycles. The molecule has 1 aliphatic carbocycles. The first kappa shape index (κ1) is 20.4. The second-order valence-corrected chi connectivity index (χ2v) is 8.91. The molecule has 1 aliphatic heterocycles. The van der Waals surface area contributed by atoms with E-state index in [2.05, 4.69) is 5.32 Å². The van der Waals surface area contributed by atoms with Crippen LogP contribution < -0.4 is 5.32 Å². The third-order valence-electron chi connectivity index (χ3n) is 5.91. The highest BCUT2D eigenvalue weighted by Gasteiger charge is 2.45. The lowest BCUT2D eigenvalue weighted by Crippen LogP contribution is -2.41. The maximum Gasteiger partial charge on any atom is 0.412 e. The summed E-state index contributed by atoms with van der Waals surface area (Å²) in [5.74, 6) is -1.09. The van der Waals surface area contributed by atoms with Crippen molar-refractivity contribution in [3.8, 4) is 21.7 Å². The minimum atomic E-state index is -0.872. The Balaban J connectivity index is 1.60. The van der Waals surface area contributed by atoms with Crippen LogP contribution in [0.2, 0.25) is 0 Å². The number of ether oxygens (including phenoxy) is 1. The van der Waals surface area contributed by atoms with Crippen LogP contribution in [0.25, 0.3) is 21.7 Å². The molecule has 0 unspecified atom stereocenters. The molecule has 0 radical (unpaired) electrons. The number of rotatable bonds is 5. The number of esters is 1. The molecule has 1 saturated carbocycles. The fourth-order valence-electron chi connectivity index (χ4n) is 4.44. The number of aromatic nitrogens is 1. The van der Waals surface area contributed by atoms with E-state index < -0.39 is 16.6 Å². The predicted octanol–water partition coefficient (Wildman–Crippen LogP) is 5.49. The lowest BCUT2D eigenvalue weighted by atomic mass is 9.82. The van der Waals surface area contributed by atoms with Crippen molar-refractivity contribution >= 4 is 22.4 Å². The average Bonchev–Trinajstić information content (AvgIpc) is 3.24. The van der Waals surface area contributed by atoms with E-state index in [9.17, 15) is 14.9 Å². The molecule has 5 rings (SSSR count). The number of nitrogens with zero attached hydrogens (tertiary/aromatic N) is 2. The van der Waals surface area contributed by atoms with Crippen molar-refractivity contribution in [2.75, 3.05) is 5.32 Å². The van der Waals surface area contributed by atoms with Crippen molar-refractivity contribution in [3.05, 3.63) is 82.2 Å². The van der Waals surface area contributed by atoms with Gasteiger partial charge in [0.15, 0.2) is 5.13 Å². The van der Waals surface area contributed by atoms with E-state index >= 15 is 0 Å². The molecular weight excluding hydrogens is 426 g/mol. The molecule has 32 heavy (non-hydrogen) atoms. The fourth-order valence-corrected chi connectivity index (χ4v) is 5.44. The number of anilines is 1. The van der Waals surface area contributed by atoms with Gasteiger partial charge in [0.1, 0.15) is 11.8 Å². The Morgan fingerprint density at radius 2 is 1.66 bits per heavy atom. The molecule has 162 valence electrons. The molecule has 2 aliphatic rings. The Morgan fingerprint density at radius 3 is 2.34 bits per heavy atom. The summed E-state index contributed by atoms with van der Waals surface area (Å²) in [5.41, 5.74) is 2.58. The topological polar surface area (TPSA) is 94.4 Å². The summed E-state index contributed by atoms with van der Waals surface area (Å²) in [6.07, 6.45) is 3.01. The van der Waals surface area contributed by atoms with Crippen molar-refractivity contribution in [1.29, 1.82) is 0 Å². The maximum atomic E-state index is 12.4. The zero-order valence-corrected chi connectivity index (χ0v) is 18.0. The number of carbonyl (C=O) groups is 1. The molecule has 1 N–H and O–H groups in total. The Kier molecular flexibility index (Phi) is 5.45. The third kappa shape index (κ3) is 3.78. The van der Waals surface area contributed by atoms with Crippen LogP contribution in [0.15, 0.2) is 72.1 Å². The zero-order valence-electron chi connectivity index (χ0n) is 17.2. The summed E-state index contributed by atoms with van der Waals surface area (Å²) < 4.78 is 5.40. The standard InChI is InChI=1S/C24H21N3O4S/c28-23-21(27(29)30)20(17-13-7-8-14-18(17)31-23)26-24-25-19(15-9-3-1-4-10-15)22(32-24)16-11-5-2-6-12-16/h1-6,9-12,17-18H,7-8,13-14H2,(H,25,26)/t17-,18+/m1/s1. The number of hydrogen-bond donors (Lipinski definition) is 1. The van der Waals surface area contributed by atoms with E-state index in [0.29, 0.717) is 10.8 Å². The van der Waals surface area contributed by atoms with Gasteiger partial charge in [-0.3, -0.25) is 10.1 Å². The molecule has 2 heterocycles. The molecule has 0 amide bonds. The van der Waals surface area contributed by atoms with Gasteiger partial charge in [0.2, 0.25) is 0 Å². The van der Waals surface area contributed by atoms with Gasteiger partial charge >= 0.3 is 11.7 Å². The van der Waals surface area contributed by atoms with E-state index in [1.54, 1.807) is 0 Å². The summed E-state index contributed by atoms with van der Waals surface area (Å²) in [5, 5.41) is 15.5. The van der Waals surface area contributed by atoms with Crippen molar-refractivity contribution in [3.63, 3.8) is 0 Å². The van der Waals surface area contributed by atoms with Crippen LogP contribution in [0.4, 0.5) is 5.13 Å². The number of nitrogens with one attached hydrogen (secondary N) is 1. The minimum Gasteiger partial charge on any atom is -0.453 e. The zero-order chi connectivity index (χ0) is 22.1. The van der Waals surface area contributed by atoms with E-state index in [4.69, 9.17) is 9.72 Å². The second-order valence-electron chi connectivity index (χ2n) is 7.91. The van der Waals surface area contributed by atoms with Gasteiger partial charge in [-0.05, 0) is 24.8 Å². The van der Waals surface area contributed by atoms with E-state index in [-0.39, 0.29) is 12.0 Å². The summed E-state index contributed by atoms with van der Waals surface area (Å²) in [6.45, 7) is 0. The van der Waals surface area contributed by atoms with Crippen LogP contribution in [0.1, 0.15) is 25.7 Å². The number of thiazole rings is 1. The van der Waals surface area contributed by atoms with Crippen molar-refractivity contribution in [2.45, 2.75) is 31.8 Å². The van der Waals surface area contributed by atoms with E-state index in [1.807, 2.05) is 60.7 Å². The summed E-state index contributed by atoms with van der Waals surface area (Å²) >= 11 is 1.42. The van der Waals surface area contributed by atoms with Gasteiger partial charge in [-0.2, -0.15) is 0 Å². The van der Waals surface area contributed by atoms with Gasteiger partial charge in [-0.1, -0.05) is 78.4 Å². The molecule has 1 aromatic heterocycles. The Morgan fingerprint density at radius 1 is 1.00 bits per heavy atom. The van der Waals surface area contributed by atoms with Crippen LogP contribution in [-0.4, -0.2) is 22.0 Å².